The number of amides is 2. The predicted molar refractivity (Wildman–Crippen MR) is 89.1 cm³/mol. The Morgan fingerprint density at radius 1 is 1.30 bits per heavy atom. The second-order valence-corrected chi connectivity index (χ2v) is 6.46. The Bertz CT molecular complexity index is 713. The van der Waals surface area contributed by atoms with Gasteiger partial charge in [0.1, 0.15) is 5.82 Å². The third-order valence-electron chi connectivity index (χ3n) is 4.87. The average Bonchev–Trinajstić information content (AvgIpc) is 3.22. The Labute approximate surface area is 135 Å². The Morgan fingerprint density at radius 2 is 2.09 bits per heavy atom. The predicted octanol–water partition coefficient (Wildman–Crippen LogP) is 1.77. The fraction of sp³-hybridized carbons (Fsp3) is 0.412. The quantitative estimate of drug-likeness (QED) is 0.888. The number of carbonyl (C=O) groups is 1. The van der Waals surface area contributed by atoms with Crippen LogP contribution in [0, 0.1) is 11.8 Å². The summed E-state index contributed by atoms with van der Waals surface area (Å²) in [6.07, 6.45) is 3.69. The van der Waals surface area contributed by atoms with Gasteiger partial charge in [-0.3, -0.25) is 0 Å². The van der Waals surface area contributed by atoms with E-state index in [9.17, 15) is 4.79 Å². The van der Waals surface area contributed by atoms with E-state index in [4.69, 9.17) is 0 Å². The summed E-state index contributed by atoms with van der Waals surface area (Å²) in [6.45, 7) is 3.76. The van der Waals surface area contributed by atoms with Gasteiger partial charge in [-0.25, -0.2) is 9.78 Å². The van der Waals surface area contributed by atoms with E-state index >= 15 is 0 Å². The zero-order chi connectivity index (χ0) is 15.8. The van der Waals surface area contributed by atoms with Crippen LogP contribution in [0.4, 0.5) is 10.5 Å². The molecule has 2 amide bonds. The number of likely N-dealkylation sites (tertiary alicyclic amines) is 1. The van der Waals surface area contributed by atoms with Crippen LogP contribution in [0.2, 0.25) is 0 Å². The van der Waals surface area contributed by atoms with Crippen molar-refractivity contribution in [3.05, 3.63) is 36.7 Å². The molecule has 6 heteroatoms. The van der Waals surface area contributed by atoms with Crippen molar-refractivity contribution in [2.75, 3.05) is 31.5 Å². The number of imidazole rings is 1. The lowest BCUT2D eigenvalue weighted by Gasteiger charge is -2.18. The summed E-state index contributed by atoms with van der Waals surface area (Å²) in [5.74, 6) is 2.11. The van der Waals surface area contributed by atoms with E-state index in [1.165, 1.54) is 0 Å². The van der Waals surface area contributed by atoms with Gasteiger partial charge in [0, 0.05) is 56.9 Å². The van der Waals surface area contributed by atoms with Crippen LogP contribution in [0.15, 0.2) is 36.7 Å². The largest absolute Gasteiger partial charge is 0.334 e. The van der Waals surface area contributed by atoms with Gasteiger partial charge in [0.15, 0.2) is 0 Å². The van der Waals surface area contributed by atoms with Crippen molar-refractivity contribution in [1.82, 2.24) is 19.8 Å². The first-order valence-corrected chi connectivity index (χ1v) is 8.05. The van der Waals surface area contributed by atoms with Gasteiger partial charge < -0.3 is 20.1 Å². The lowest BCUT2D eigenvalue weighted by molar-refractivity contribution is 0.219. The van der Waals surface area contributed by atoms with E-state index in [0.29, 0.717) is 11.8 Å². The van der Waals surface area contributed by atoms with Crippen molar-refractivity contribution in [2.45, 2.75) is 0 Å². The van der Waals surface area contributed by atoms with Crippen molar-refractivity contribution in [1.29, 1.82) is 0 Å². The molecule has 2 fully saturated rings. The number of anilines is 1. The van der Waals surface area contributed by atoms with Crippen LogP contribution in [0.5, 0.6) is 0 Å². The fourth-order valence-electron chi connectivity index (χ4n) is 3.60. The minimum Gasteiger partial charge on any atom is -0.334 e. The molecule has 2 aliphatic rings. The van der Waals surface area contributed by atoms with Crippen LogP contribution in [0.25, 0.3) is 11.4 Å². The summed E-state index contributed by atoms with van der Waals surface area (Å²) < 4.78 is 1.97. The molecule has 0 spiro atoms. The Kier molecular flexibility index (Phi) is 3.53. The number of benzene rings is 1. The number of aromatic nitrogens is 2. The van der Waals surface area contributed by atoms with Gasteiger partial charge >= 0.3 is 6.03 Å². The van der Waals surface area contributed by atoms with E-state index < -0.39 is 0 Å². The first-order valence-electron chi connectivity index (χ1n) is 8.05. The molecule has 0 aliphatic carbocycles. The maximum absolute atomic E-state index is 12.5. The Balaban J connectivity index is 1.47. The lowest BCUT2D eigenvalue weighted by Crippen LogP contribution is -2.35. The Hall–Kier alpha value is -2.34. The zero-order valence-electron chi connectivity index (χ0n) is 13.2. The maximum Gasteiger partial charge on any atom is 0.321 e. The van der Waals surface area contributed by atoms with E-state index in [-0.39, 0.29) is 6.03 Å². The number of aryl methyl sites for hydroxylation is 1. The molecule has 0 radical (unpaired) electrons. The second kappa shape index (κ2) is 5.70. The van der Waals surface area contributed by atoms with Crippen LogP contribution < -0.4 is 10.6 Å². The number of fused-ring (bicyclic) bond motifs is 1. The molecule has 0 bridgehead atoms. The molecule has 1 aromatic carbocycles. The van der Waals surface area contributed by atoms with Gasteiger partial charge in [-0.1, -0.05) is 12.1 Å². The highest BCUT2D eigenvalue weighted by molar-refractivity contribution is 5.90. The molecule has 4 rings (SSSR count). The van der Waals surface area contributed by atoms with Gasteiger partial charge in [-0.2, -0.15) is 0 Å². The highest BCUT2D eigenvalue weighted by Gasteiger charge is 2.38. The van der Waals surface area contributed by atoms with Crippen LogP contribution in [-0.2, 0) is 7.05 Å². The molecule has 2 N–H and O–H groups in total. The first kappa shape index (κ1) is 14.3. The van der Waals surface area contributed by atoms with Gasteiger partial charge in [0.25, 0.3) is 0 Å². The highest BCUT2D eigenvalue weighted by Crippen LogP contribution is 2.27. The molecule has 23 heavy (non-hydrogen) atoms. The van der Waals surface area contributed by atoms with Crippen LogP contribution >= 0.6 is 0 Å². The van der Waals surface area contributed by atoms with Crippen molar-refractivity contribution >= 4 is 11.7 Å². The van der Waals surface area contributed by atoms with Gasteiger partial charge in [0.2, 0.25) is 0 Å². The zero-order valence-corrected chi connectivity index (χ0v) is 13.2. The van der Waals surface area contributed by atoms with Crippen molar-refractivity contribution < 1.29 is 4.79 Å². The monoisotopic (exact) mass is 311 g/mol. The number of urea groups is 1. The molecule has 3 heterocycles. The van der Waals surface area contributed by atoms with E-state index in [1.54, 1.807) is 6.20 Å². The summed E-state index contributed by atoms with van der Waals surface area (Å²) in [6, 6.07) is 7.84. The van der Waals surface area contributed by atoms with Crippen LogP contribution in [0.3, 0.4) is 0 Å². The standard InChI is InChI=1S/C17H21N5O/c1-21-6-5-19-16(21)12-3-2-4-15(7-12)20-17(23)22-10-13-8-18-9-14(13)11-22/h2-7,13-14,18H,8-11H2,1H3,(H,20,23)/t13-,14+. The summed E-state index contributed by atoms with van der Waals surface area (Å²) in [4.78, 5) is 18.8. The SMILES string of the molecule is Cn1ccnc1-c1cccc(NC(=O)N2C[C@H]3CNC[C@H]3C2)c1. The molecule has 1 aromatic heterocycles. The number of rotatable bonds is 2. The molecule has 0 unspecified atom stereocenters. The third kappa shape index (κ3) is 2.70. The van der Waals surface area contributed by atoms with Crippen LogP contribution in [-0.4, -0.2) is 46.7 Å². The molecule has 2 atom stereocenters. The fourth-order valence-corrected chi connectivity index (χ4v) is 3.60. The topological polar surface area (TPSA) is 62.2 Å². The number of carbonyl (C=O) groups excluding carboxylic acids is 1. The number of hydrogen-bond donors (Lipinski definition) is 2. The lowest BCUT2D eigenvalue weighted by atomic mass is 10.0. The van der Waals surface area contributed by atoms with Crippen molar-refractivity contribution in [3.63, 3.8) is 0 Å². The first-order chi connectivity index (χ1) is 11.2. The normalized spacial score (nSPS) is 23.1. The molecule has 2 aromatic rings. The molecule has 6 nitrogen and oxygen atoms in total. The van der Waals surface area contributed by atoms with E-state index in [0.717, 1.165) is 43.3 Å². The van der Waals surface area contributed by atoms with Crippen molar-refractivity contribution in [3.8, 4) is 11.4 Å². The molecule has 120 valence electrons. The molecule has 0 saturated carbocycles. The van der Waals surface area contributed by atoms with Crippen molar-refractivity contribution in [2.24, 2.45) is 18.9 Å². The molecular weight excluding hydrogens is 290 g/mol. The molecule has 2 aliphatic heterocycles. The number of nitrogens with zero attached hydrogens (tertiary/aromatic N) is 3. The van der Waals surface area contributed by atoms with Gasteiger partial charge in [0.05, 0.1) is 0 Å². The van der Waals surface area contributed by atoms with Gasteiger partial charge in [-0.15, -0.1) is 0 Å². The second-order valence-electron chi connectivity index (χ2n) is 6.46. The third-order valence-corrected chi connectivity index (χ3v) is 4.87. The van der Waals surface area contributed by atoms with Crippen LogP contribution in [0.1, 0.15) is 0 Å². The molecule has 2 saturated heterocycles. The highest BCUT2D eigenvalue weighted by atomic mass is 16.2. The summed E-state index contributed by atoms with van der Waals surface area (Å²) in [5.41, 5.74) is 1.81. The summed E-state index contributed by atoms with van der Waals surface area (Å²) >= 11 is 0. The summed E-state index contributed by atoms with van der Waals surface area (Å²) in [7, 11) is 1.96. The minimum absolute atomic E-state index is 0.00334. The number of nitrogens with one attached hydrogen (secondary N) is 2. The summed E-state index contributed by atoms with van der Waals surface area (Å²) in [5, 5.41) is 6.42. The maximum atomic E-state index is 12.5. The number of hydrogen-bond acceptors (Lipinski definition) is 3. The Morgan fingerprint density at radius 3 is 2.78 bits per heavy atom. The van der Waals surface area contributed by atoms with E-state index in [1.807, 2.05) is 47.0 Å². The van der Waals surface area contributed by atoms with Gasteiger partial charge in [-0.05, 0) is 24.0 Å². The van der Waals surface area contributed by atoms with E-state index in [2.05, 4.69) is 15.6 Å². The minimum atomic E-state index is -0.00334. The molecular formula is C17H21N5O. The smallest absolute Gasteiger partial charge is 0.321 e. The average molecular weight is 311 g/mol.